The molecule has 178 valence electrons. The lowest BCUT2D eigenvalue weighted by atomic mass is 9.93. The third-order valence-electron chi connectivity index (χ3n) is 6.06. The Kier molecular flexibility index (Phi) is 12.3. The zero-order valence-corrected chi connectivity index (χ0v) is 19.4. The summed E-state index contributed by atoms with van der Waals surface area (Å²) in [7, 11) is 0. The van der Waals surface area contributed by atoms with Crippen molar-refractivity contribution in [1.29, 1.82) is 0 Å². The molecule has 4 atom stereocenters. The van der Waals surface area contributed by atoms with Crippen LogP contribution in [0.2, 0.25) is 0 Å². The van der Waals surface area contributed by atoms with Gasteiger partial charge in [0.05, 0.1) is 6.04 Å². The van der Waals surface area contributed by atoms with Gasteiger partial charge >= 0.3 is 0 Å². The van der Waals surface area contributed by atoms with Gasteiger partial charge < -0.3 is 5.32 Å². The van der Waals surface area contributed by atoms with Crippen molar-refractivity contribution in [2.24, 2.45) is 11.8 Å². The highest BCUT2D eigenvalue weighted by atomic mass is 16.5. The first-order valence-electron chi connectivity index (χ1n) is 11.6. The first-order chi connectivity index (χ1) is 14.8. The van der Waals surface area contributed by atoms with Gasteiger partial charge in [-0.1, -0.05) is 53.4 Å². The average Bonchev–Trinajstić information content (AvgIpc) is 2.80. The van der Waals surface area contributed by atoms with E-state index < -0.39 is 23.9 Å². The number of hydrogen-bond donors (Lipinski definition) is 4. The number of ketones is 1. The molecule has 31 heavy (non-hydrogen) atoms. The smallest absolute Gasteiger partial charge is 0.245 e. The predicted octanol–water partition coefficient (Wildman–Crippen LogP) is 2.08. The van der Waals surface area contributed by atoms with E-state index in [9.17, 15) is 19.2 Å². The number of carbonyl (C=O) groups excluding carboxylic acids is 4. The highest BCUT2D eigenvalue weighted by Crippen LogP contribution is 2.21. The number of amides is 3. The molecule has 0 aliphatic carbocycles. The van der Waals surface area contributed by atoms with Gasteiger partial charge in [-0.15, -0.1) is 0 Å². The van der Waals surface area contributed by atoms with Crippen LogP contribution in [-0.2, 0) is 19.2 Å². The van der Waals surface area contributed by atoms with E-state index >= 15 is 0 Å². The molecule has 1 heterocycles. The van der Waals surface area contributed by atoms with Crippen LogP contribution in [0.1, 0.15) is 85.5 Å². The van der Waals surface area contributed by atoms with Crippen LogP contribution in [0.3, 0.4) is 0 Å². The summed E-state index contributed by atoms with van der Waals surface area (Å²) in [6.07, 6.45) is 5.30. The van der Waals surface area contributed by atoms with Crippen LogP contribution in [0.5, 0.6) is 0 Å². The third kappa shape index (κ3) is 8.22. The van der Waals surface area contributed by atoms with E-state index in [0.717, 1.165) is 32.1 Å². The van der Waals surface area contributed by atoms with Crippen LogP contribution >= 0.6 is 0 Å². The number of nitrogens with one attached hydrogen (secondary N) is 3. The average molecular weight is 441 g/mol. The van der Waals surface area contributed by atoms with E-state index in [4.69, 9.17) is 5.21 Å². The second kappa shape index (κ2) is 14.1. The standard InChI is InChI=1S/C22H40N4O5/c1-5-8-9-11-16(14-19(28)25-31)22(30)26-17(12-10-13-23-26)21(29)24-20(15(4)6-2)18(27)7-3/h15-17,20,23,31H,5-14H2,1-4H3,(H,24,29)(H,25,28)/t15-,16+,17-,20-/m1/s1. The summed E-state index contributed by atoms with van der Waals surface area (Å²) in [6, 6.07) is -1.33. The molecule has 9 nitrogen and oxygen atoms in total. The minimum absolute atomic E-state index is 0.00727. The Balaban J connectivity index is 3.00. The molecule has 1 saturated heterocycles. The van der Waals surface area contributed by atoms with Crippen LogP contribution < -0.4 is 16.2 Å². The van der Waals surface area contributed by atoms with Crippen molar-refractivity contribution in [3.63, 3.8) is 0 Å². The molecule has 0 unspecified atom stereocenters. The Bertz CT molecular complexity index is 613. The van der Waals surface area contributed by atoms with E-state index in [1.807, 2.05) is 13.8 Å². The Hall–Kier alpha value is -2.00. The number of nitrogens with zero attached hydrogens (tertiary/aromatic N) is 1. The highest BCUT2D eigenvalue weighted by Gasteiger charge is 2.38. The van der Waals surface area contributed by atoms with E-state index in [-0.39, 0.29) is 29.9 Å². The molecule has 3 amide bonds. The molecule has 1 aliphatic heterocycles. The number of rotatable bonds is 13. The van der Waals surface area contributed by atoms with Gasteiger partial charge in [-0.2, -0.15) is 0 Å². The van der Waals surface area contributed by atoms with Gasteiger partial charge in [-0.05, 0) is 25.2 Å². The summed E-state index contributed by atoms with van der Waals surface area (Å²) >= 11 is 0. The topological polar surface area (TPSA) is 128 Å². The normalized spacial score (nSPS) is 19.3. The molecule has 4 N–H and O–H groups in total. The molecule has 0 aromatic rings. The highest BCUT2D eigenvalue weighted by molar-refractivity contribution is 5.93. The number of hydroxylamine groups is 1. The van der Waals surface area contributed by atoms with Crippen LogP contribution in [0.15, 0.2) is 0 Å². The van der Waals surface area contributed by atoms with Gasteiger partial charge in [-0.25, -0.2) is 10.9 Å². The van der Waals surface area contributed by atoms with Gasteiger partial charge in [-0.3, -0.25) is 29.4 Å². The number of hydrogen-bond acceptors (Lipinski definition) is 6. The molecule has 9 heteroatoms. The quantitative estimate of drug-likeness (QED) is 0.197. The zero-order valence-electron chi connectivity index (χ0n) is 19.4. The molecule has 1 aliphatic rings. The van der Waals surface area contributed by atoms with Gasteiger partial charge in [0.2, 0.25) is 17.7 Å². The fourth-order valence-electron chi connectivity index (χ4n) is 3.88. The number of carbonyl (C=O) groups is 4. The molecule has 0 bridgehead atoms. The Morgan fingerprint density at radius 3 is 2.45 bits per heavy atom. The molecule has 0 saturated carbocycles. The number of unbranched alkanes of at least 4 members (excludes halogenated alkanes) is 2. The summed E-state index contributed by atoms with van der Waals surface area (Å²) in [4.78, 5) is 50.5. The van der Waals surface area contributed by atoms with Crippen LogP contribution in [-0.4, -0.2) is 52.3 Å². The maximum Gasteiger partial charge on any atom is 0.245 e. The Labute approximate surface area is 185 Å². The fraction of sp³-hybridized carbons (Fsp3) is 0.818. The molecular formula is C22H40N4O5. The van der Waals surface area contributed by atoms with Crippen LogP contribution in [0.4, 0.5) is 0 Å². The van der Waals surface area contributed by atoms with Crippen molar-refractivity contribution >= 4 is 23.5 Å². The van der Waals surface area contributed by atoms with Crippen LogP contribution in [0, 0.1) is 11.8 Å². The lowest BCUT2D eigenvalue weighted by molar-refractivity contribution is -0.152. The van der Waals surface area contributed by atoms with Crippen molar-refractivity contribution in [3.8, 4) is 0 Å². The van der Waals surface area contributed by atoms with Crippen molar-refractivity contribution < 1.29 is 24.4 Å². The summed E-state index contributed by atoms with van der Waals surface area (Å²) in [5.74, 6) is -1.98. The number of hydrazine groups is 1. The van der Waals surface area contributed by atoms with E-state index in [1.54, 1.807) is 12.4 Å². The molecule has 0 spiro atoms. The Morgan fingerprint density at radius 2 is 1.87 bits per heavy atom. The minimum Gasteiger partial charge on any atom is -0.344 e. The first kappa shape index (κ1) is 27.0. The summed E-state index contributed by atoms with van der Waals surface area (Å²) in [5.41, 5.74) is 4.61. The monoisotopic (exact) mass is 440 g/mol. The maximum atomic E-state index is 13.3. The SMILES string of the molecule is CCCCC[C@@H](CC(=O)NO)C(=O)N1NCCC[C@@H]1C(=O)N[C@@H](C(=O)CC)[C@H](C)CC. The van der Waals surface area contributed by atoms with Gasteiger partial charge in [0, 0.05) is 25.3 Å². The largest absolute Gasteiger partial charge is 0.344 e. The lowest BCUT2D eigenvalue weighted by Gasteiger charge is -2.38. The van der Waals surface area contributed by atoms with Crippen LogP contribution in [0.25, 0.3) is 0 Å². The van der Waals surface area contributed by atoms with Crippen molar-refractivity contribution in [1.82, 2.24) is 21.2 Å². The number of Topliss-reactive ketones (excluding diaryl/α,β-unsaturated/α-hetero) is 1. The molecule has 1 rings (SSSR count). The second-order valence-corrected chi connectivity index (χ2v) is 8.40. The van der Waals surface area contributed by atoms with Crippen molar-refractivity contribution in [2.75, 3.05) is 6.54 Å². The maximum absolute atomic E-state index is 13.3. The van der Waals surface area contributed by atoms with E-state index in [1.165, 1.54) is 5.01 Å². The van der Waals surface area contributed by atoms with Gasteiger partial charge in [0.25, 0.3) is 0 Å². The van der Waals surface area contributed by atoms with Crippen molar-refractivity contribution in [3.05, 3.63) is 0 Å². The molecular weight excluding hydrogens is 400 g/mol. The third-order valence-corrected chi connectivity index (χ3v) is 6.06. The van der Waals surface area contributed by atoms with E-state index in [0.29, 0.717) is 25.8 Å². The first-order valence-corrected chi connectivity index (χ1v) is 11.6. The predicted molar refractivity (Wildman–Crippen MR) is 117 cm³/mol. The molecule has 0 radical (unpaired) electrons. The summed E-state index contributed by atoms with van der Waals surface area (Å²) < 4.78 is 0. The Morgan fingerprint density at radius 1 is 1.16 bits per heavy atom. The minimum atomic E-state index is -0.747. The molecule has 0 aromatic carbocycles. The van der Waals surface area contributed by atoms with E-state index in [2.05, 4.69) is 17.7 Å². The summed E-state index contributed by atoms with van der Waals surface area (Å²) in [6.45, 7) is 8.27. The van der Waals surface area contributed by atoms with Gasteiger partial charge in [0.1, 0.15) is 6.04 Å². The van der Waals surface area contributed by atoms with Gasteiger partial charge in [0.15, 0.2) is 5.78 Å². The molecule has 0 aromatic heterocycles. The molecule has 1 fully saturated rings. The van der Waals surface area contributed by atoms with Crippen molar-refractivity contribution in [2.45, 2.75) is 97.6 Å². The lowest BCUT2D eigenvalue weighted by Crippen LogP contribution is -2.62. The summed E-state index contributed by atoms with van der Waals surface area (Å²) in [5, 5.41) is 13.1. The fourth-order valence-corrected chi connectivity index (χ4v) is 3.88. The second-order valence-electron chi connectivity index (χ2n) is 8.40. The zero-order chi connectivity index (χ0) is 23.4.